The smallest absolute Gasteiger partial charge is 0.407 e. The van der Waals surface area contributed by atoms with Gasteiger partial charge in [0.2, 0.25) is 0 Å². The fourth-order valence-electron chi connectivity index (χ4n) is 1.68. The van der Waals surface area contributed by atoms with Gasteiger partial charge in [0.1, 0.15) is 0 Å². The van der Waals surface area contributed by atoms with E-state index >= 15 is 0 Å². The van der Waals surface area contributed by atoms with Gasteiger partial charge in [-0.15, -0.1) is 0 Å². The van der Waals surface area contributed by atoms with E-state index in [9.17, 15) is 9.59 Å². The molecule has 0 aliphatic heterocycles. The lowest BCUT2D eigenvalue weighted by Gasteiger charge is -2.18. The maximum Gasteiger partial charge on any atom is 0.407 e. The maximum atomic E-state index is 12.0. The van der Waals surface area contributed by atoms with Crippen molar-refractivity contribution in [2.45, 2.75) is 26.3 Å². The Morgan fingerprint density at radius 3 is 2.33 bits per heavy atom. The Labute approximate surface area is 107 Å². The van der Waals surface area contributed by atoms with Crippen LogP contribution < -0.4 is 5.32 Å². The minimum atomic E-state index is -0.579. The first-order valence-electron chi connectivity index (χ1n) is 5.96. The molecule has 0 spiro atoms. The number of carbonyl (C=O) groups is 2. The zero-order valence-electron chi connectivity index (χ0n) is 11.0. The molecule has 98 valence electrons. The molecule has 1 amide bonds. The van der Waals surface area contributed by atoms with Gasteiger partial charge < -0.3 is 10.1 Å². The molecule has 1 atom stereocenters. The van der Waals surface area contributed by atoms with Gasteiger partial charge in [0, 0.05) is 5.92 Å². The van der Waals surface area contributed by atoms with Crippen LogP contribution in [0, 0.1) is 5.92 Å². The number of amides is 1. The zero-order valence-corrected chi connectivity index (χ0v) is 11.0. The molecule has 0 unspecified atom stereocenters. The van der Waals surface area contributed by atoms with E-state index in [1.807, 2.05) is 44.2 Å². The molecule has 0 aliphatic rings. The summed E-state index contributed by atoms with van der Waals surface area (Å²) in [6.45, 7) is 3.64. The summed E-state index contributed by atoms with van der Waals surface area (Å²) in [4.78, 5) is 23.3. The third-order valence-corrected chi connectivity index (χ3v) is 2.67. The monoisotopic (exact) mass is 249 g/mol. The number of carbonyl (C=O) groups excluding carboxylic acids is 2. The third kappa shape index (κ3) is 4.20. The van der Waals surface area contributed by atoms with Crippen LogP contribution >= 0.6 is 0 Å². The van der Waals surface area contributed by atoms with Crippen molar-refractivity contribution in [3.8, 4) is 0 Å². The lowest BCUT2D eigenvalue weighted by Crippen LogP contribution is -2.44. The van der Waals surface area contributed by atoms with E-state index in [2.05, 4.69) is 10.1 Å². The lowest BCUT2D eigenvalue weighted by molar-refractivity contribution is -0.123. The molecular weight excluding hydrogens is 230 g/mol. The van der Waals surface area contributed by atoms with Crippen LogP contribution in [0.15, 0.2) is 30.3 Å². The van der Waals surface area contributed by atoms with E-state index in [1.165, 1.54) is 7.11 Å². The van der Waals surface area contributed by atoms with Crippen LogP contribution in [-0.2, 0) is 16.0 Å². The van der Waals surface area contributed by atoms with Crippen LogP contribution in [0.3, 0.4) is 0 Å². The van der Waals surface area contributed by atoms with Crippen LogP contribution in [0.2, 0.25) is 0 Å². The van der Waals surface area contributed by atoms with Gasteiger partial charge in [-0.25, -0.2) is 4.79 Å². The predicted octanol–water partition coefficient (Wildman–Crippen LogP) is 2.18. The molecule has 0 aromatic heterocycles. The molecule has 1 rings (SSSR count). The Bertz CT molecular complexity index is 401. The largest absolute Gasteiger partial charge is 0.453 e. The average Bonchev–Trinajstić information content (AvgIpc) is 2.38. The highest BCUT2D eigenvalue weighted by molar-refractivity contribution is 5.89. The lowest BCUT2D eigenvalue weighted by atomic mass is 9.96. The number of hydrogen-bond acceptors (Lipinski definition) is 3. The number of hydrogen-bond donors (Lipinski definition) is 1. The Morgan fingerprint density at radius 1 is 1.22 bits per heavy atom. The van der Waals surface area contributed by atoms with E-state index in [-0.39, 0.29) is 11.7 Å². The number of benzene rings is 1. The minimum absolute atomic E-state index is 0.00394. The van der Waals surface area contributed by atoms with E-state index in [0.717, 1.165) is 5.56 Å². The summed E-state index contributed by atoms with van der Waals surface area (Å²) in [5, 5.41) is 2.59. The maximum absolute atomic E-state index is 12.0. The van der Waals surface area contributed by atoms with Gasteiger partial charge in [-0.2, -0.15) is 0 Å². The van der Waals surface area contributed by atoms with Gasteiger partial charge in [0.05, 0.1) is 13.2 Å². The topological polar surface area (TPSA) is 55.4 Å². The summed E-state index contributed by atoms with van der Waals surface area (Å²) in [5.41, 5.74) is 1.01. The molecule has 0 fully saturated rings. The molecular formula is C14H19NO3. The number of nitrogens with one attached hydrogen (secondary N) is 1. The highest BCUT2D eigenvalue weighted by atomic mass is 16.5. The summed E-state index contributed by atoms with van der Waals surface area (Å²) in [7, 11) is 1.29. The highest BCUT2D eigenvalue weighted by Gasteiger charge is 2.23. The fourth-order valence-corrected chi connectivity index (χ4v) is 1.68. The molecule has 0 saturated heterocycles. The van der Waals surface area contributed by atoms with Crippen molar-refractivity contribution < 1.29 is 14.3 Å². The number of alkyl carbamates (subject to hydrolysis) is 1. The summed E-state index contributed by atoms with van der Waals surface area (Å²) in [6, 6.07) is 9.05. The summed E-state index contributed by atoms with van der Waals surface area (Å²) in [6.07, 6.45) is -0.0996. The average molecular weight is 249 g/mol. The van der Waals surface area contributed by atoms with E-state index in [1.54, 1.807) is 0 Å². The Hall–Kier alpha value is -1.84. The number of ketones is 1. The number of ether oxygens (including phenoxy) is 1. The van der Waals surface area contributed by atoms with Crippen LogP contribution in [-0.4, -0.2) is 25.0 Å². The first-order chi connectivity index (χ1) is 8.54. The third-order valence-electron chi connectivity index (χ3n) is 2.67. The van der Waals surface area contributed by atoms with Gasteiger partial charge in [-0.3, -0.25) is 4.79 Å². The summed E-state index contributed by atoms with van der Waals surface area (Å²) in [5.74, 6) is -0.125. The molecule has 1 aromatic rings. The van der Waals surface area contributed by atoms with Crippen molar-refractivity contribution in [2.24, 2.45) is 5.92 Å². The van der Waals surface area contributed by atoms with Crippen LogP contribution in [0.25, 0.3) is 0 Å². The van der Waals surface area contributed by atoms with Gasteiger partial charge >= 0.3 is 6.09 Å². The van der Waals surface area contributed by atoms with Gasteiger partial charge in [0.15, 0.2) is 5.78 Å². The van der Waals surface area contributed by atoms with E-state index in [4.69, 9.17) is 0 Å². The molecule has 18 heavy (non-hydrogen) atoms. The van der Waals surface area contributed by atoms with Crippen LogP contribution in [0.1, 0.15) is 19.4 Å². The standard InChI is InChI=1S/C14H19NO3/c1-10(2)13(16)12(15-14(17)18-3)9-11-7-5-4-6-8-11/h4-8,10,12H,9H2,1-3H3,(H,15,17)/t12-/m1/s1. The van der Waals surface area contributed by atoms with Crippen molar-refractivity contribution in [2.75, 3.05) is 7.11 Å². The molecule has 0 aliphatic carbocycles. The van der Waals surface area contributed by atoms with Crippen LogP contribution in [0.5, 0.6) is 0 Å². The minimum Gasteiger partial charge on any atom is -0.453 e. The van der Waals surface area contributed by atoms with Crippen molar-refractivity contribution in [1.82, 2.24) is 5.32 Å². The predicted molar refractivity (Wildman–Crippen MR) is 69.3 cm³/mol. The van der Waals surface area contributed by atoms with Crippen LogP contribution in [0.4, 0.5) is 4.79 Å². The Kier molecular flexibility index (Phi) is 5.36. The molecule has 4 heteroatoms. The highest BCUT2D eigenvalue weighted by Crippen LogP contribution is 2.08. The SMILES string of the molecule is COC(=O)N[C@H](Cc1ccccc1)C(=O)C(C)C. The Balaban J connectivity index is 2.77. The first-order valence-corrected chi connectivity index (χ1v) is 5.96. The van der Waals surface area contributed by atoms with Gasteiger partial charge in [-0.1, -0.05) is 44.2 Å². The quantitative estimate of drug-likeness (QED) is 0.870. The number of rotatable bonds is 5. The van der Waals surface area contributed by atoms with Crippen molar-refractivity contribution in [1.29, 1.82) is 0 Å². The molecule has 0 radical (unpaired) electrons. The van der Waals surface area contributed by atoms with E-state index in [0.29, 0.717) is 6.42 Å². The second-order valence-electron chi connectivity index (χ2n) is 4.44. The second-order valence-corrected chi connectivity index (χ2v) is 4.44. The zero-order chi connectivity index (χ0) is 13.5. The van der Waals surface area contributed by atoms with Gasteiger partial charge in [0.25, 0.3) is 0 Å². The molecule has 1 N–H and O–H groups in total. The summed E-state index contributed by atoms with van der Waals surface area (Å²) >= 11 is 0. The first kappa shape index (κ1) is 14.2. The van der Waals surface area contributed by atoms with E-state index < -0.39 is 12.1 Å². The summed E-state index contributed by atoms with van der Waals surface area (Å²) < 4.78 is 4.55. The fraction of sp³-hybridized carbons (Fsp3) is 0.429. The Morgan fingerprint density at radius 2 is 1.83 bits per heavy atom. The van der Waals surface area contributed by atoms with Crippen molar-refractivity contribution in [3.63, 3.8) is 0 Å². The normalized spacial score (nSPS) is 12.0. The number of methoxy groups -OCH3 is 1. The number of Topliss-reactive ketones (excluding diaryl/α,β-unsaturated/α-hetero) is 1. The second kappa shape index (κ2) is 6.79. The van der Waals surface area contributed by atoms with Crippen molar-refractivity contribution >= 4 is 11.9 Å². The molecule has 0 heterocycles. The van der Waals surface area contributed by atoms with Gasteiger partial charge in [-0.05, 0) is 12.0 Å². The molecule has 0 saturated carbocycles. The molecule has 1 aromatic carbocycles. The molecule has 0 bridgehead atoms. The van der Waals surface area contributed by atoms with Crippen molar-refractivity contribution in [3.05, 3.63) is 35.9 Å². The molecule has 4 nitrogen and oxygen atoms in total.